The second-order valence-electron chi connectivity index (χ2n) is 4.25. The quantitative estimate of drug-likeness (QED) is 0.891. The summed E-state index contributed by atoms with van der Waals surface area (Å²) in [5, 5.41) is 16.7. The lowest BCUT2D eigenvalue weighted by Crippen LogP contribution is -2.37. The van der Waals surface area contributed by atoms with Crippen LogP contribution in [-0.4, -0.2) is 24.7 Å². The van der Waals surface area contributed by atoms with Crippen molar-refractivity contribution in [3.8, 4) is 5.75 Å². The molecular formula is C13H15NO3S2. The van der Waals surface area contributed by atoms with E-state index in [1.807, 2.05) is 17.5 Å². The monoisotopic (exact) mass is 297 g/mol. The fourth-order valence-corrected chi connectivity index (χ4v) is 3.19. The van der Waals surface area contributed by atoms with E-state index in [9.17, 15) is 9.90 Å². The number of methoxy groups -OCH3 is 1. The fourth-order valence-electron chi connectivity index (χ4n) is 1.63. The van der Waals surface area contributed by atoms with Crippen molar-refractivity contribution in [1.29, 1.82) is 0 Å². The number of carbonyl (C=O) groups excluding carboxylic acids is 1. The van der Waals surface area contributed by atoms with Gasteiger partial charge in [0.1, 0.15) is 16.2 Å². The molecule has 4 nitrogen and oxygen atoms in total. The third-order valence-corrected chi connectivity index (χ3v) is 4.72. The Bertz CT molecular complexity index is 546. The highest BCUT2D eigenvalue weighted by molar-refractivity contribution is 7.12. The zero-order chi connectivity index (χ0) is 13.9. The number of amides is 1. The molecule has 0 aliphatic heterocycles. The van der Waals surface area contributed by atoms with Crippen molar-refractivity contribution in [1.82, 2.24) is 5.32 Å². The summed E-state index contributed by atoms with van der Waals surface area (Å²) in [6, 6.07) is 5.47. The minimum absolute atomic E-state index is 0.160. The van der Waals surface area contributed by atoms with Crippen molar-refractivity contribution in [3.05, 3.63) is 38.7 Å². The SMILES string of the molecule is COc1ccsc1C(=O)NCC(C)(O)c1cccs1. The summed E-state index contributed by atoms with van der Waals surface area (Å²) >= 11 is 2.78. The number of ether oxygens (including phenoxy) is 1. The summed E-state index contributed by atoms with van der Waals surface area (Å²) in [7, 11) is 1.53. The molecule has 0 aliphatic carbocycles. The second kappa shape index (κ2) is 5.73. The largest absolute Gasteiger partial charge is 0.495 e. The van der Waals surface area contributed by atoms with Crippen LogP contribution in [0.2, 0.25) is 0 Å². The highest BCUT2D eigenvalue weighted by atomic mass is 32.1. The zero-order valence-electron chi connectivity index (χ0n) is 10.7. The third-order valence-electron chi connectivity index (χ3n) is 2.70. The topological polar surface area (TPSA) is 58.6 Å². The van der Waals surface area contributed by atoms with Crippen molar-refractivity contribution in [3.63, 3.8) is 0 Å². The summed E-state index contributed by atoms with van der Waals surface area (Å²) in [4.78, 5) is 13.4. The maximum absolute atomic E-state index is 12.0. The van der Waals surface area contributed by atoms with Crippen molar-refractivity contribution < 1.29 is 14.6 Å². The third kappa shape index (κ3) is 3.15. The molecule has 1 unspecified atom stereocenters. The smallest absolute Gasteiger partial charge is 0.265 e. The van der Waals surface area contributed by atoms with Crippen LogP contribution in [0.3, 0.4) is 0 Å². The van der Waals surface area contributed by atoms with Crippen molar-refractivity contribution >= 4 is 28.6 Å². The Hall–Kier alpha value is -1.37. The van der Waals surface area contributed by atoms with Crippen LogP contribution in [-0.2, 0) is 5.60 Å². The number of nitrogens with one attached hydrogen (secondary N) is 1. The molecule has 2 aromatic heterocycles. The second-order valence-corrected chi connectivity index (χ2v) is 6.12. The van der Waals surface area contributed by atoms with E-state index >= 15 is 0 Å². The average Bonchev–Trinajstić information content (AvgIpc) is 3.06. The molecule has 2 heterocycles. The van der Waals surface area contributed by atoms with E-state index < -0.39 is 5.60 Å². The summed E-state index contributed by atoms with van der Waals surface area (Å²) in [5.41, 5.74) is -1.06. The minimum atomic E-state index is -1.06. The molecule has 2 aromatic rings. The molecule has 0 radical (unpaired) electrons. The molecule has 0 spiro atoms. The highest BCUT2D eigenvalue weighted by Crippen LogP contribution is 2.26. The normalized spacial score (nSPS) is 13.8. The first-order valence-electron chi connectivity index (χ1n) is 5.70. The van der Waals surface area contributed by atoms with E-state index in [2.05, 4.69) is 5.32 Å². The van der Waals surface area contributed by atoms with Gasteiger partial charge in [-0.3, -0.25) is 4.79 Å². The van der Waals surface area contributed by atoms with Gasteiger partial charge in [0.05, 0.1) is 13.7 Å². The molecule has 0 aromatic carbocycles. The molecule has 0 saturated carbocycles. The van der Waals surface area contributed by atoms with Gasteiger partial charge in [0.15, 0.2) is 0 Å². The lowest BCUT2D eigenvalue weighted by atomic mass is 10.1. The van der Waals surface area contributed by atoms with Crippen LogP contribution in [0.1, 0.15) is 21.5 Å². The van der Waals surface area contributed by atoms with Crippen LogP contribution < -0.4 is 10.1 Å². The van der Waals surface area contributed by atoms with Gasteiger partial charge in [0.2, 0.25) is 0 Å². The van der Waals surface area contributed by atoms with E-state index in [-0.39, 0.29) is 12.5 Å². The lowest BCUT2D eigenvalue weighted by Gasteiger charge is -2.22. The van der Waals surface area contributed by atoms with Crippen LogP contribution in [0.5, 0.6) is 5.75 Å². The maximum atomic E-state index is 12.0. The first kappa shape index (κ1) is 14.0. The van der Waals surface area contributed by atoms with Gasteiger partial charge in [-0.25, -0.2) is 0 Å². The molecule has 102 valence electrons. The molecular weight excluding hydrogens is 282 g/mol. The van der Waals surface area contributed by atoms with E-state index in [1.165, 1.54) is 29.8 Å². The number of hydrogen-bond donors (Lipinski definition) is 2. The lowest BCUT2D eigenvalue weighted by molar-refractivity contribution is 0.0557. The van der Waals surface area contributed by atoms with E-state index in [4.69, 9.17) is 4.74 Å². The Morgan fingerprint density at radius 2 is 2.21 bits per heavy atom. The minimum Gasteiger partial charge on any atom is -0.495 e. The van der Waals surface area contributed by atoms with Crippen LogP contribution in [0.15, 0.2) is 29.0 Å². The number of hydrogen-bond acceptors (Lipinski definition) is 5. The predicted molar refractivity (Wildman–Crippen MR) is 77.1 cm³/mol. The molecule has 0 bridgehead atoms. The van der Waals surface area contributed by atoms with Gasteiger partial charge in [0.25, 0.3) is 5.91 Å². The van der Waals surface area contributed by atoms with Crippen LogP contribution in [0.25, 0.3) is 0 Å². The Kier molecular flexibility index (Phi) is 4.24. The van der Waals surface area contributed by atoms with Gasteiger partial charge in [-0.1, -0.05) is 6.07 Å². The van der Waals surface area contributed by atoms with Gasteiger partial charge < -0.3 is 15.2 Å². The summed E-state index contributed by atoms with van der Waals surface area (Å²) in [6.45, 7) is 1.85. The van der Waals surface area contributed by atoms with Gasteiger partial charge in [0, 0.05) is 4.88 Å². The molecule has 1 amide bonds. The Morgan fingerprint density at radius 1 is 1.42 bits per heavy atom. The molecule has 0 fully saturated rings. The molecule has 19 heavy (non-hydrogen) atoms. The molecule has 2 N–H and O–H groups in total. The van der Waals surface area contributed by atoms with Gasteiger partial charge in [-0.05, 0) is 29.8 Å². The highest BCUT2D eigenvalue weighted by Gasteiger charge is 2.25. The van der Waals surface area contributed by atoms with Crippen LogP contribution in [0.4, 0.5) is 0 Å². The van der Waals surface area contributed by atoms with E-state index in [0.717, 1.165) is 4.88 Å². The Balaban J connectivity index is 2.01. The summed E-state index contributed by atoms with van der Waals surface area (Å²) < 4.78 is 5.10. The zero-order valence-corrected chi connectivity index (χ0v) is 12.3. The number of aliphatic hydroxyl groups is 1. The summed E-state index contributed by atoms with van der Waals surface area (Å²) in [5.74, 6) is 0.321. The Morgan fingerprint density at radius 3 is 2.84 bits per heavy atom. The van der Waals surface area contributed by atoms with Crippen LogP contribution >= 0.6 is 22.7 Å². The maximum Gasteiger partial charge on any atom is 0.265 e. The first-order valence-corrected chi connectivity index (χ1v) is 7.46. The fraction of sp³-hybridized carbons (Fsp3) is 0.308. The standard InChI is InChI=1S/C13H15NO3S2/c1-13(16,10-4-3-6-18-10)8-14-12(15)11-9(17-2)5-7-19-11/h3-7,16H,8H2,1-2H3,(H,14,15). The number of thiophene rings is 2. The van der Waals surface area contributed by atoms with Crippen molar-refractivity contribution in [2.45, 2.75) is 12.5 Å². The average molecular weight is 297 g/mol. The van der Waals surface area contributed by atoms with Gasteiger partial charge >= 0.3 is 0 Å². The molecule has 6 heteroatoms. The molecule has 0 aliphatic rings. The van der Waals surface area contributed by atoms with E-state index in [0.29, 0.717) is 10.6 Å². The number of rotatable bonds is 5. The molecule has 2 rings (SSSR count). The van der Waals surface area contributed by atoms with Crippen molar-refractivity contribution in [2.75, 3.05) is 13.7 Å². The predicted octanol–water partition coefficient (Wildman–Crippen LogP) is 2.46. The van der Waals surface area contributed by atoms with Crippen molar-refractivity contribution in [2.24, 2.45) is 0 Å². The molecule has 1 atom stereocenters. The molecule has 0 saturated heterocycles. The Labute approximate surface area is 119 Å². The van der Waals surface area contributed by atoms with E-state index in [1.54, 1.807) is 18.4 Å². The summed E-state index contributed by atoms with van der Waals surface area (Å²) in [6.07, 6.45) is 0. The van der Waals surface area contributed by atoms with Crippen LogP contribution in [0, 0.1) is 0 Å². The number of carbonyl (C=O) groups is 1. The van der Waals surface area contributed by atoms with Gasteiger partial charge in [-0.15, -0.1) is 22.7 Å². The van der Waals surface area contributed by atoms with Gasteiger partial charge in [-0.2, -0.15) is 0 Å². The first-order chi connectivity index (χ1) is 9.04.